The van der Waals surface area contributed by atoms with E-state index in [0.29, 0.717) is 29.0 Å². The number of nitrogen functional groups attached to an aromatic ring is 2. The summed E-state index contributed by atoms with van der Waals surface area (Å²) < 4.78 is 11.8. The van der Waals surface area contributed by atoms with E-state index in [-0.39, 0.29) is 6.67 Å². The number of hydrogen-bond acceptors (Lipinski definition) is 5. The summed E-state index contributed by atoms with van der Waals surface area (Å²) in [7, 11) is 0. The lowest BCUT2D eigenvalue weighted by Crippen LogP contribution is -1.99. The molecule has 0 spiro atoms. The molecule has 0 unspecified atom stereocenters. The van der Waals surface area contributed by atoms with Crippen molar-refractivity contribution >= 4 is 23.4 Å². The molecular formula is C7H11FN4S. The third-order valence-electron chi connectivity index (χ3n) is 1.25. The molecule has 0 aromatic carbocycles. The Kier molecular flexibility index (Phi) is 3.75. The Morgan fingerprint density at radius 1 is 1.31 bits per heavy atom. The van der Waals surface area contributed by atoms with Crippen LogP contribution >= 0.6 is 11.8 Å². The summed E-state index contributed by atoms with van der Waals surface area (Å²) in [5.41, 5.74) is 10.9. The van der Waals surface area contributed by atoms with Gasteiger partial charge in [0.1, 0.15) is 11.6 Å². The first-order chi connectivity index (χ1) is 6.22. The van der Waals surface area contributed by atoms with Gasteiger partial charge < -0.3 is 11.5 Å². The van der Waals surface area contributed by atoms with E-state index in [1.807, 2.05) is 0 Å². The Balaban J connectivity index is 2.56. The van der Waals surface area contributed by atoms with E-state index in [9.17, 15) is 4.39 Å². The highest BCUT2D eigenvalue weighted by atomic mass is 32.2. The van der Waals surface area contributed by atoms with Crippen LogP contribution in [0, 0.1) is 0 Å². The zero-order valence-electron chi connectivity index (χ0n) is 7.03. The number of nitrogens with zero attached hydrogens (tertiary/aromatic N) is 2. The molecule has 1 aromatic rings. The topological polar surface area (TPSA) is 77.8 Å². The highest BCUT2D eigenvalue weighted by molar-refractivity contribution is 7.99. The van der Waals surface area contributed by atoms with Gasteiger partial charge in [0.2, 0.25) is 0 Å². The summed E-state index contributed by atoms with van der Waals surface area (Å²) >= 11 is 1.35. The van der Waals surface area contributed by atoms with Crippen molar-refractivity contribution in [2.45, 2.75) is 11.6 Å². The van der Waals surface area contributed by atoms with Gasteiger partial charge in [-0.3, -0.25) is 4.39 Å². The molecule has 6 heteroatoms. The first kappa shape index (κ1) is 10.0. The summed E-state index contributed by atoms with van der Waals surface area (Å²) in [5, 5.41) is 0.506. The Hall–Kier alpha value is -1.04. The molecule has 72 valence electrons. The summed E-state index contributed by atoms with van der Waals surface area (Å²) in [5.74, 6) is 1.32. The van der Waals surface area contributed by atoms with E-state index in [1.54, 1.807) is 0 Å². The van der Waals surface area contributed by atoms with E-state index in [0.717, 1.165) is 0 Å². The quantitative estimate of drug-likeness (QED) is 0.434. The van der Waals surface area contributed by atoms with E-state index in [2.05, 4.69) is 9.97 Å². The number of thioether (sulfide) groups is 1. The number of alkyl halides is 1. The van der Waals surface area contributed by atoms with E-state index < -0.39 is 0 Å². The SMILES string of the molecule is Nc1cc(N)nc(SCCCF)n1. The lowest BCUT2D eigenvalue weighted by Gasteiger charge is -2.00. The second-order valence-electron chi connectivity index (χ2n) is 2.39. The third-order valence-corrected chi connectivity index (χ3v) is 2.19. The number of rotatable bonds is 4. The van der Waals surface area contributed by atoms with Gasteiger partial charge in [-0.1, -0.05) is 11.8 Å². The maximum Gasteiger partial charge on any atom is 0.191 e. The van der Waals surface area contributed by atoms with Crippen LogP contribution in [0.1, 0.15) is 6.42 Å². The van der Waals surface area contributed by atoms with Crippen LogP contribution in [0.5, 0.6) is 0 Å². The number of halogens is 1. The van der Waals surface area contributed by atoms with Gasteiger partial charge in [0.15, 0.2) is 5.16 Å². The average Bonchev–Trinajstić information content (AvgIpc) is 2.03. The van der Waals surface area contributed by atoms with Gasteiger partial charge in [0.05, 0.1) is 6.67 Å². The van der Waals surface area contributed by atoms with Gasteiger partial charge in [-0.05, 0) is 6.42 Å². The largest absolute Gasteiger partial charge is 0.383 e. The zero-order chi connectivity index (χ0) is 9.68. The van der Waals surface area contributed by atoms with E-state index >= 15 is 0 Å². The normalized spacial score (nSPS) is 10.2. The number of hydrogen-bond donors (Lipinski definition) is 2. The smallest absolute Gasteiger partial charge is 0.191 e. The minimum Gasteiger partial charge on any atom is -0.383 e. The van der Waals surface area contributed by atoms with Gasteiger partial charge >= 0.3 is 0 Å². The van der Waals surface area contributed by atoms with Crippen molar-refractivity contribution in [1.29, 1.82) is 0 Å². The van der Waals surface area contributed by atoms with Crippen molar-refractivity contribution in [3.8, 4) is 0 Å². The standard InChI is InChI=1S/C7H11FN4S/c8-2-1-3-13-7-11-5(9)4-6(10)12-7/h4H,1-3H2,(H4,9,10,11,12). The molecule has 0 radical (unpaired) electrons. The Morgan fingerprint density at radius 2 is 1.92 bits per heavy atom. The van der Waals surface area contributed by atoms with Crippen molar-refractivity contribution in [1.82, 2.24) is 9.97 Å². The molecule has 0 atom stereocenters. The van der Waals surface area contributed by atoms with Crippen LogP contribution in [-0.2, 0) is 0 Å². The van der Waals surface area contributed by atoms with Crippen LogP contribution in [0.25, 0.3) is 0 Å². The van der Waals surface area contributed by atoms with Crippen LogP contribution in [0.4, 0.5) is 16.0 Å². The second kappa shape index (κ2) is 4.86. The average molecular weight is 202 g/mol. The summed E-state index contributed by atoms with van der Waals surface area (Å²) in [6.45, 7) is -0.329. The molecule has 0 bridgehead atoms. The molecule has 1 heterocycles. The molecule has 0 fully saturated rings. The molecule has 0 saturated carbocycles. The van der Waals surface area contributed by atoms with Crippen LogP contribution in [-0.4, -0.2) is 22.4 Å². The van der Waals surface area contributed by atoms with Gasteiger partial charge in [0.25, 0.3) is 0 Å². The number of nitrogens with two attached hydrogens (primary N) is 2. The van der Waals surface area contributed by atoms with Crippen molar-refractivity contribution in [2.24, 2.45) is 0 Å². The molecule has 4 N–H and O–H groups in total. The lowest BCUT2D eigenvalue weighted by molar-refractivity contribution is 0.489. The van der Waals surface area contributed by atoms with Crippen molar-refractivity contribution in [3.63, 3.8) is 0 Å². The van der Waals surface area contributed by atoms with Gasteiger partial charge in [0, 0.05) is 11.8 Å². The Bertz CT molecular complexity index is 261. The number of anilines is 2. The molecule has 13 heavy (non-hydrogen) atoms. The number of aromatic nitrogens is 2. The summed E-state index contributed by atoms with van der Waals surface area (Å²) in [6, 6.07) is 1.49. The maximum atomic E-state index is 11.8. The molecule has 1 aromatic heterocycles. The first-order valence-corrected chi connectivity index (χ1v) is 4.79. The fraction of sp³-hybridized carbons (Fsp3) is 0.429. The molecule has 0 aliphatic heterocycles. The predicted molar refractivity (Wildman–Crippen MR) is 52.2 cm³/mol. The summed E-state index contributed by atoms with van der Waals surface area (Å²) in [6.07, 6.45) is 0.489. The van der Waals surface area contributed by atoms with Crippen molar-refractivity contribution < 1.29 is 4.39 Å². The lowest BCUT2D eigenvalue weighted by atomic mass is 10.5. The van der Waals surface area contributed by atoms with Crippen molar-refractivity contribution in [2.75, 3.05) is 23.9 Å². The molecule has 0 amide bonds. The fourth-order valence-electron chi connectivity index (χ4n) is 0.745. The third kappa shape index (κ3) is 3.45. The maximum absolute atomic E-state index is 11.8. The molecule has 4 nitrogen and oxygen atoms in total. The molecule has 0 aliphatic carbocycles. The van der Waals surface area contributed by atoms with Crippen LogP contribution < -0.4 is 11.5 Å². The summed E-state index contributed by atoms with van der Waals surface area (Å²) in [4.78, 5) is 7.87. The van der Waals surface area contributed by atoms with Crippen LogP contribution in [0.15, 0.2) is 11.2 Å². The molecule has 1 rings (SSSR count). The Morgan fingerprint density at radius 3 is 2.46 bits per heavy atom. The predicted octanol–water partition coefficient (Wildman–Crippen LogP) is 1.09. The second-order valence-corrected chi connectivity index (χ2v) is 3.45. The minimum absolute atomic E-state index is 0.329. The zero-order valence-corrected chi connectivity index (χ0v) is 7.85. The van der Waals surface area contributed by atoms with Crippen LogP contribution in [0.2, 0.25) is 0 Å². The van der Waals surface area contributed by atoms with E-state index in [1.165, 1.54) is 17.8 Å². The highest BCUT2D eigenvalue weighted by Gasteiger charge is 2.00. The first-order valence-electron chi connectivity index (χ1n) is 3.81. The molecule has 0 aliphatic rings. The van der Waals surface area contributed by atoms with Gasteiger partial charge in [-0.15, -0.1) is 0 Å². The molecule has 0 saturated heterocycles. The highest BCUT2D eigenvalue weighted by Crippen LogP contribution is 2.16. The Labute approximate surface area is 79.9 Å². The fourth-order valence-corrected chi connectivity index (χ4v) is 1.52. The van der Waals surface area contributed by atoms with Gasteiger partial charge in [-0.2, -0.15) is 0 Å². The van der Waals surface area contributed by atoms with Gasteiger partial charge in [-0.25, -0.2) is 9.97 Å². The minimum atomic E-state index is -0.329. The monoisotopic (exact) mass is 202 g/mol. The van der Waals surface area contributed by atoms with E-state index in [4.69, 9.17) is 11.5 Å². The molecular weight excluding hydrogens is 191 g/mol. The van der Waals surface area contributed by atoms with Crippen molar-refractivity contribution in [3.05, 3.63) is 6.07 Å². The van der Waals surface area contributed by atoms with Crippen LogP contribution in [0.3, 0.4) is 0 Å².